The molecule has 0 aliphatic rings. The summed E-state index contributed by atoms with van der Waals surface area (Å²) in [5.41, 5.74) is -0.228. The minimum Gasteiger partial charge on any atom is -0.371 e. The molecule has 7 heteroatoms. The Morgan fingerprint density at radius 1 is 1.33 bits per heavy atom. The van der Waals surface area contributed by atoms with Crippen molar-refractivity contribution in [2.45, 2.75) is 40.0 Å². The van der Waals surface area contributed by atoms with Crippen molar-refractivity contribution in [2.75, 3.05) is 0 Å². The number of hydrogen-bond acceptors (Lipinski definition) is 4. The summed E-state index contributed by atoms with van der Waals surface area (Å²) in [4.78, 5) is 32.6. The Labute approximate surface area is 103 Å². The molecule has 0 aliphatic carbocycles. The van der Waals surface area contributed by atoms with Gasteiger partial charge in [0.05, 0.1) is 6.10 Å². The van der Waals surface area contributed by atoms with E-state index in [4.69, 9.17) is 4.74 Å². The zero-order valence-corrected chi connectivity index (χ0v) is 10.6. The average molecular weight is 252 g/mol. The number of nitrogens with zero attached hydrogens (tertiary/aromatic N) is 2. The molecular formula is C11H16N4O3. The molecule has 0 bridgehead atoms. The molecule has 2 aromatic rings. The number of nitrogens with one attached hydrogen (secondary N) is 2. The van der Waals surface area contributed by atoms with Crippen LogP contribution in [0.1, 0.15) is 26.6 Å². The quantitative estimate of drug-likeness (QED) is 0.821. The number of aromatic nitrogens is 4. The number of fused-ring (bicyclic) bond motifs is 1. The van der Waals surface area contributed by atoms with Gasteiger partial charge in [0.15, 0.2) is 5.65 Å². The van der Waals surface area contributed by atoms with Crippen molar-refractivity contribution in [3.8, 4) is 0 Å². The fraction of sp³-hybridized carbons (Fsp3) is 0.545. The highest BCUT2D eigenvalue weighted by atomic mass is 16.5. The van der Waals surface area contributed by atoms with Gasteiger partial charge in [-0.3, -0.25) is 14.3 Å². The minimum atomic E-state index is -0.456. The zero-order chi connectivity index (χ0) is 13.3. The minimum absolute atomic E-state index is 0.0739. The van der Waals surface area contributed by atoms with Crippen LogP contribution >= 0.6 is 0 Å². The largest absolute Gasteiger partial charge is 0.371 e. The van der Waals surface area contributed by atoms with Gasteiger partial charge < -0.3 is 9.72 Å². The molecule has 2 heterocycles. The van der Waals surface area contributed by atoms with E-state index in [0.717, 1.165) is 0 Å². The number of imidazole rings is 1. The van der Waals surface area contributed by atoms with Crippen molar-refractivity contribution >= 4 is 11.2 Å². The second kappa shape index (κ2) is 4.77. The smallest absolute Gasteiger partial charge is 0.330 e. The van der Waals surface area contributed by atoms with Crippen LogP contribution in [0.15, 0.2) is 9.59 Å². The fourth-order valence-electron chi connectivity index (χ4n) is 1.70. The third-order valence-electron chi connectivity index (χ3n) is 2.55. The lowest BCUT2D eigenvalue weighted by Crippen LogP contribution is -2.29. The summed E-state index contributed by atoms with van der Waals surface area (Å²) >= 11 is 0. The Morgan fingerprint density at radius 3 is 2.67 bits per heavy atom. The lowest BCUT2D eigenvalue weighted by atomic mass is 10.5. The fourth-order valence-corrected chi connectivity index (χ4v) is 1.70. The van der Waals surface area contributed by atoms with Crippen molar-refractivity contribution in [1.82, 2.24) is 19.5 Å². The topological polar surface area (TPSA) is 92.8 Å². The highest BCUT2D eigenvalue weighted by Gasteiger charge is 2.12. The molecule has 2 N–H and O–H groups in total. The van der Waals surface area contributed by atoms with Gasteiger partial charge in [-0.05, 0) is 20.8 Å². The second-order valence-corrected chi connectivity index (χ2v) is 4.25. The van der Waals surface area contributed by atoms with Crippen LogP contribution in [0.25, 0.3) is 11.2 Å². The maximum atomic E-state index is 11.6. The van der Waals surface area contributed by atoms with Crippen LogP contribution in [0.4, 0.5) is 0 Å². The summed E-state index contributed by atoms with van der Waals surface area (Å²) in [7, 11) is 0. The molecule has 2 rings (SSSR count). The molecule has 0 atom stereocenters. The Kier molecular flexibility index (Phi) is 3.33. The van der Waals surface area contributed by atoms with Crippen molar-refractivity contribution < 1.29 is 4.74 Å². The van der Waals surface area contributed by atoms with E-state index < -0.39 is 11.2 Å². The molecule has 0 saturated heterocycles. The van der Waals surface area contributed by atoms with Gasteiger partial charge in [-0.15, -0.1) is 0 Å². The number of ether oxygens (including phenoxy) is 1. The van der Waals surface area contributed by atoms with E-state index in [1.54, 1.807) is 0 Å². The summed E-state index contributed by atoms with van der Waals surface area (Å²) in [5, 5.41) is 0. The number of rotatable bonds is 4. The van der Waals surface area contributed by atoms with Crippen molar-refractivity contribution in [3.05, 3.63) is 26.7 Å². The van der Waals surface area contributed by atoms with Crippen molar-refractivity contribution in [1.29, 1.82) is 0 Å². The molecule has 98 valence electrons. The first-order valence-corrected chi connectivity index (χ1v) is 5.86. The van der Waals surface area contributed by atoms with Gasteiger partial charge in [0.25, 0.3) is 5.56 Å². The molecule has 0 aliphatic heterocycles. The number of aryl methyl sites for hydroxylation is 1. The Morgan fingerprint density at radius 2 is 2.06 bits per heavy atom. The molecule has 0 radical (unpaired) electrons. The Hall–Kier alpha value is -1.89. The zero-order valence-electron chi connectivity index (χ0n) is 10.6. The van der Waals surface area contributed by atoms with Gasteiger partial charge in [-0.2, -0.15) is 0 Å². The monoisotopic (exact) mass is 252 g/mol. The van der Waals surface area contributed by atoms with Crippen LogP contribution in [-0.2, 0) is 17.9 Å². The maximum Gasteiger partial charge on any atom is 0.330 e. The van der Waals surface area contributed by atoms with E-state index in [1.807, 2.05) is 20.8 Å². The SMILES string of the molecule is CCn1c(=O)[nH]c(=O)c2[nH]c(COC(C)C)nc21. The summed E-state index contributed by atoms with van der Waals surface area (Å²) in [6.45, 7) is 6.37. The maximum absolute atomic E-state index is 11.6. The van der Waals surface area contributed by atoms with Crippen LogP contribution in [-0.4, -0.2) is 25.6 Å². The predicted octanol–water partition coefficient (Wildman–Crippen LogP) is 0.358. The third-order valence-corrected chi connectivity index (χ3v) is 2.55. The van der Waals surface area contributed by atoms with Crippen LogP contribution < -0.4 is 11.2 Å². The van der Waals surface area contributed by atoms with Gasteiger partial charge in [0.2, 0.25) is 0 Å². The standard InChI is InChI=1S/C11H16N4O3/c1-4-15-9-8(10(16)14-11(15)17)12-7(13-9)5-18-6(2)3/h6H,4-5H2,1-3H3,(H,12,13)(H,14,16,17). The van der Waals surface area contributed by atoms with E-state index in [0.29, 0.717) is 23.5 Å². The molecule has 0 amide bonds. The van der Waals surface area contributed by atoms with E-state index in [1.165, 1.54) is 4.57 Å². The van der Waals surface area contributed by atoms with Crippen LogP contribution in [0.5, 0.6) is 0 Å². The Balaban J connectivity index is 2.53. The molecule has 0 unspecified atom stereocenters. The molecule has 0 spiro atoms. The average Bonchev–Trinajstić information content (AvgIpc) is 2.71. The van der Waals surface area contributed by atoms with E-state index in [2.05, 4.69) is 15.0 Å². The first-order chi connectivity index (χ1) is 8.52. The summed E-state index contributed by atoms with van der Waals surface area (Å²) in [6, 6.07) is 0. The summed E-state index contributed by atoms with van der Waals surface area (Å²) < 4.78 is 6.82. The molecule has 18 heavy (non-hydrogen) atoms. The van der Waals surface area contributed by atoms with Crippen LogP contribution in [0.3, 0.4) is 0 Å². The normalized spacial score (nSPS) is 11.6. The third kappa shape index (κ3) is 2.21. The lowest BCUT2D eigenvalue weighted by Gasteiger charge is -2.03. The van der Waals surface area contributed by atoms with Gasteiger partial charge in [-0.1, -0.05) is 0 Å². The first kappa shape index (κ1) is 12.6. The van der Waals surface area contributed by atoms with Gasteiger partial charge in [-0.25, -0.2) is 9.78 Å². The molecule has 0 aromatic carbocycles. The van der Waals surface area contributed by atoms with Gasteiger partial charge in [0.1, 0.15) is 17.9 Å². The molecular weight excluding hydrogens is 236 g/mol. The second-order valence-electron chi connectivity index (χ2n) is 4.25. The highest BCUT2D eigenvalue weighted by molar-refractivity contribution is 5.69. The van der Waals surface area contributed by atoms with Crippen LogP contribution in [0.2, 0.25) is 0 Å². The molecule has 2 aromatic heterocycles. The van der Waals surface area contributed by atoms with Gasteiger partial charge in [0, 0.05) is 6.54 Å². The van der Waals surface area contributed by atoms with Crippen molar-refractivity contribution in [2.24, 2.45) is 0 Å². The lowest BCUT2D eigenvalue weighted by molar-refractivity contribution is 0.0618. The van der Waals surface area contributed by atoms with Crippen molar-refractivity contribution in [3.63, 3.8) is 0 Å². The van der Waals surface area contributed by atoms with E-state index >= 15 is 0 Å². The molecule has 0 saturated carbocycles. The van der Waals surface area contributed by atoms with E-state index in [9.17, 15) is 9.59 Å². The number of hydrogen-bond donors (Lipinski definition) is 2. The molecule has 0 fully saturated rings. The summed E-state index contributed by atoms with van der Waals surface area (Å²) in [6.07, 6.45) is 0.0739. The highest BCUT2D eigenvalue weighted by Crippen LogP contribution is 2.06. The molecule has 7 nitrogen and oxygen atoms in total. The van der Waals surface area contributed by atoms with Gasteiger partial charge >= 0.3 is 5.69 Å². The Bertz CT molecular complexity index is 665. The first-order valence-electron chi connectivity index (χ1n) is 5.86. The van der Waals surface area contributed by atoms with Crippen LogP contribution in [0, 0.1) is 0 Å². The number of H-pyrrole nitrogens is 2. The number of aromatic amines is 2. The summed E-state index contributed by atoms with van der Waals surface area (Å²) in [5.74, 6) is 0.539. The van der Waals surface area contributed by atoms with E-state index in [-0.39, 0.29) is 12.7 Å². The predicted molar refractivity (Wildman–Crippen MR) is 66.6 cm³/mol.